The Morgan fingerprint density at radius 1 is 1.50 bits per heavy atom. The first-order valence-electron chi connectivity index (χ1n) is 1.54. The van der Waals surface area contributed by atoms with Crippen molar-refractivity contribution in [2.75, 3.05) is 0 Å². The predicted molar refractivity (Wildman–Crippen MR) is 28.9 cm³/mol. The highest BCUT2D eigenvalue weighted by Crippen LogP contribution is 2.22. The van der Waals surface area contributed by atoms with Gasteiger partial charge in [0, 0.05) is 0 Å². The zero-order chi connectivity index (χ0) is 6.73. The minimum atomic E-state index is -3.12. The Bertz CT molecular complexity index is 107. The predicted octanol–water partition coefficient (Wildman–Crippen LogP) is 3.02. The third-order valence-corrected chi connectivity index (χ3v) is 0.931. The van der Waals surface area contributed by atoms with Crippen LogP contribution in [0.25, 0.3) is 0 Å². The van der Waals surface area contributed by atoms with Gasteiger partial charge in [-0.3, -0.25) is 0 Å². The number of halogens is 5. The molecule has 0 bridgehead atoms. The van der Waals surface area contributed by atoms with E-state index in [4.69, 9.17) is 11.6 Å². The fourth-order valence-electron chi connectivity index (χ4n) is 0.0825. The van der Waals surface area contributed by atoms with Gasteiger partial charge in [0.2, 0.25) is 0 Å². The quantitative estimate of drug-likeness (QED) is 0.623. The van der Waals surface area contributed by atoms with E-state index in [1.807, 2.05) is 0 Å². The van der Waals surface area contributed by atoms with Crippen molar-refractivity contribution in [1.29, 1.82) is 0 Å². The molecule has 0 saturated carbocycles. The number of alkyl halides is 2. The second-order valence-corrected chi connectivity index (χ2v) is 2.54. The molecule has 0 saturated heterocycles. The highest BCUT2D eigenvalue weighted by atomic mass is 79.9. The Kier molecular flexibility index (Phi) is 3.48. The van der Waals surface area contributed by atoms with Crippen molar-refractivity contribution < 1.29 is 13.2 Å². The highest BCUT2D eigenvalue weighted by Gasteiger charge is 2.12. The lowest BCUT2D eigenvalue weighted by atomic mass is 10.6. The van der Waals surface area contributed by atoms with E-state index in [1.54, 1.807) is 0 Å². The van der Waals surface area contributed by atoms with Gasteiger partial charge in [0.1, 0.15) is 3.94 Å². The Hall–Kier alpha value is 0.300. The molecule has 48 valence electrons. The van der Waals surface area contributed by atoms with Gasteiger partial charge in [-0.2, -0.15) is 0 Å². The Morgan fingerprint density at radius 3 is 1.88 bits per heavy atom. The van der Waals surface area contributed by atoms with Crippen LogP contribution in [0, 0.1) is 0 Å². The molecule has 0 heterocycles. The van der Waals surface area contributed by atoms with Crippen molar-refractivity contribution in [2.45, 2.75) is 6.43 Å². The second-order valence-electron chi connectivity index (χ2n) is 0.909. The molecule has 0 aromatic heterocycles. The van der Waals surface area contributed by atoms with Crippen molar-refractivity contribution >= 4 is 27.5 Å². The summed E-state index contributed by atoms with van der Waals surface area (Å²) >= 11 is 7.09. The van der Waals surface area contributed by atoms with Crippen LogP contribution >= 0.6 is 27.5 Å². The van der Waals surface area contributed by atoms with Gasteiger partial charge in [0.15, 0.2) is 5.83 Å². The number of hydrogen-bond acceptors (Lipinski definition) is 0. The van der Waals surface area contributed by atoms with Gasteiger partial charge in [-0.1, -0.05) is 11.6 Å². The van der Waals surface area contributed by atoms with Crippen LogP contribution in [-0.4, -0.2) is 6.43 Å². The van der Waals surface area contributed by atoms with Crippen LogP contribution in [0.1, 0.15) is 0 Å². The molecule has 0 nitrogen and oxygen atoms in total. The smallest absolute Gasteiger partial charge is 0.203 e. The average molecular weight is 209 g/mol. The molecule has 0 aliphatic heterocycles. The molecule has 0 fully saturated rings. The Morgan fingerprint density at radius 2 is 1.88 bits per heavy atom. The molecular formula is C3HBrClF3. The van der Waals surface area contributed by atoms with Crippen LogP contribution in [0.4, 0.5) is 13.2 Å². The van der Waals surface area contributed by atoms with Gasteiger partial charge in [0.25, 0.3) is 6.43 Å². The monoisotopic (exact) mass is 208 g/mol. The van der Waals surface area contributed by atoms with Crippen LogP contribution in [0.15, 0.2) is 9.77 Å². The van der Waals surface area contributed by atoms with Crippen molar-refractivity contribution in [1.82, 2.24) is 0 Å². The van der Waals surface area contributed by atoms with E-state index in [2.05, 4.69) is 15.9 Å². The van der Waals surface area contributed by atoms with Gasteiger partial charge in [0.05, 0.1) is 0 Å². The summed E-state index contributed by atoms with van der Waals surface area (Å²) in [5.41, 5.74) is 0. The molecule has 0 radical (unpaired) electrons. The first kappa shape index (κ1) is 8.30. The van der Waals surface area contributed by atoms with E-state index >= 15 is 0 Å². The maximum absolute atomic E-state index is 11.6. The maximum atomic E-state index is 11.6. The maximum Gasteiger partial charge on any atom is 0.291 e. The molecule has 0 amide bonds. The molecule has 0 rings (SSSR count). The van der Waals surface area contributed by atoms with Crippen molar-refractivity contribution in [3.05, 3.63) is 9.77 Å². The van der Waals surface area contributed by atoms with E-state index < -0.39 is 16.2 Å². The van der Waals surface area contributed by atoms with E-state index in [0.717, 1.165) is 0 Å². The summed E-state index contributed by atoms with van der Waals surface area (Å²) in [6, 6.07) is 0. The van der Waals surface area contributed by atoms with Crippen LogP contribution in [0.5, 0.6) is 0 Å². The molecule has 0 N–H and O–H groups in total. The van der Waals surface area contributed by atoms with Gasteiger partial charge in [-0.15, -0.1) is 0 Å². The second kappa shape index (κ2) is 3.35. The van der Waals surface area contributed by atoms with Crippen LogP contribution in [0.2, 0.25) is 0 Å². The third kappa shape index (κ3) is 2.57. The van der Waals surface area contributed by atoms with Gasteiger partial charge in [-0.25, -0.2) is 13.2 Å². The molecule has 0 aliphatic carbocycles. The SMILES string of the molecule is FC(=C(Cl)Br)C(F)F. The standard InChI is InChI=1S/C3HBrClF3/c4-2(5)1(6)3(7)8/h3H. The van der Waals surface area contributed by atoms with Crippen LogP contribution < -0.4 is 0 Å². The summed E-state index contributed by atoms with van der Waals surface area (Å²) in [5.74, 6) is -1.63. The molecule has 0 spiro atoms. The van der Waals surface area contributed by atoms with Gasteiger partial charge < -0.3 is 0 Å². The lowest BCUT2D eigenvalue weighted by Crippen LogP contribution is -1.89. The van der Waals surface area contributed by atoms with Crippen molar-refractivity contribution in [2.24, 2.45) is 0 Å². The number of hydrogen-bond donors (Lipinski definition) is 0. The van der Waals surface area contributed by atoms with Crippen molar-refractivity contribution in [3.63, 3.8) is 0 Å². The first-order valence-corrected chi connectivity index (χ1v) is 2.71. The number of allylic oxidation sites excluding steroid dienone is 1. The minimum Gasteiger partial charge on any atom is -0.203 e. The highest BCUT2D eigenvalue weighted by molar-refractivity contribution is 9.12. The normalized spacial score (nSPS) is 14.2. The van der Waals surface area contributed by atoms with Crippen molar-refractivity contribution in [3.8, 4) is 0 Å². The van der Waals surface area contributed by atoms with E-state index in [0.29, 0.717) is 0 Å². The zero-order valence-electron chi connectivity index (χ0n) is 3.47. The number of rotatable bonds is 1. The van der Waals surface area contributed by atoms with Gasteiger partial charge in [-0.05, 0) is 15.9 Å². The third-order valence-electron chi connectivity index (χ3n) is 0.372. The summed E-state index contributed by atoms with van der Waals surface area (Å²) in [6.07, 6.45) is -3.12. The fraction of sp³-hybridized carbons (Fsp3) is 0.333. The molecule has 8 heavy (non-hydrogen) atoms. The topological polar surface area (TPSA) is 0 Å². The van der Waals surface area contributed by atoms with Gasteiger partial charge >= 0.3 is 0 Å². The summed E-state index contributed by atoms with van der Waals surface area (Å²) in [6.45, 7) is 0. The minimum absolute atomic E-state index is 0.674. The summed E-state index contributed by atoms with van der Waals surface area (Å²) in [4.78, 5) is 0. The molecule has 0 aliphatic rings. The summed E-state index contributed by atoms with van der Waals surface area (Å²) < 4.78 is 33.2. The summed E-state index contributed by atoms with van der Waals surface area (Å²) in [7, 11) is 0. The fourth-order valence-corrected chi connectivity index (χ4v) is 0.338. The lowest BCUT2D eigenvalue weighted by molar-refractivity contribution is 0.159. The Balaban J connectivity index is 4.00. The molecular weight excluding hydrogens is 208 g/mol. The van der Waals surface area contributed by atoms with E-state index in [-0.39, 0.29) is 0 Å². The molecule has 0 atom stereocenters. The lowest BCUT2D eigenvalue weighted by Gasteiger charge is -1.90. The largest absolute Gasteiger partial charge is 0.291 e. The molecule has 0 unspecified atom stereocenters. The zero-order valence-corrected chi connectivity index (χ0v) is 5.81. The molecule has 0 aromatic rings. The molecule has 0 aromatic carbocycles. The first-order chi connectivity index (χ1) is 3.55. The Labute approximate surface area is 57.4 Å². The van der Waals surface area contributed by atoms with E-state index in [9.17, 15) is 13.2 Å². The molecule has 5 heteroatoms. The average Bonchev–Trinajstić information content (AvgIpc) is 1.64. The van der Waals surface area contributed by atoms with Crippen LogP contribution in [-0.2, 0) is 0 Å². The van der Waals surface area contributed by atoms with E-state index in [1.165, 1.54) is 0 Å². The van der Waals surface area contributed by atoms with Crippen LogP contribution in [0.3, 0.4) is 0 Å². The summed E-state index contributed by atoms with van der Waals surface area (Å²) in [5, 5.41) is 0.